The molecule has 0 radical (unpaired) electrons. The smallest absolute Gasteiger partial charge is 0.236 e. The number of aromatic nitrogens is 2. The Labute approximate surface area is 132 Å². The molecule has 0 bridgehead atoms. The number of aryl methyl sites for hydroxylation is 1. The van der Waals surface area contributed by atoms with Gasteiger partial charge in [-0.15, -0.1) is 11.8 Å². The summed E-state index contributed by atoms with van der Waals surface area (Å²) in [6, 6.07) is 11.7. The van der Waals surface area contributed by atoms with Crippen molar-refractivity contribution in [1.29, 1.82) is 10.5 Å². The lowest BCUT2D eigenvalue weighted by atomic mass is 10.2. The van der Waals surface area contributed by atoms with E-state index in [-0.39, 0.29) is 29.0 Å². The first kappa shape index (κ1) is 15.6. The summed E-state index contributed by atoms with van der Waals surface area (Å²) in [6.07, 6.45) is 0. The summed E-state index contributed by atoms with van der Waals surface area (Å²) in [7, 11) is 0. The summed E-state index contributed by atoms with van der Waals surface area (Å²) in [5, 5.41) is 20.1. The van der Waals surface area contributed by atoms with Gasteiger partial charge in [0, 0.05) is 5.75 Å². The fourth-order valence-electron chi connectivity index (χ4n) is 1.83. The number of nitrogens with zero attached hydrogens (tertiary/aromatic N) is 3. The van der Waals surface area contributed by atoms with Gasteiger partial charge in [-0.25, -0.2) is 4.98 Å². The number of rotatable bonds is 5. The second-order valence-electron chi connectivity index (χ2n) is 4.56. The molecule has 0 atom stereocenters. The van der Waals surface area contributed by atoms with Gasteiger partial charge in [0.1, 0.15) is 12.1 Å². The Kier molecular flexibility index (Phi) is 5.18. The molecule has 0 saturated carbocycles. The number of benzene rings is 1. The Bertz CT molecular complexity index is 737. The van der Waals surface area contributed by atoms with Gasteiger partial charge in [-0.1, -0.05) is 29.8 Å². The molecule has 0 spiro atoms. The summed E-state index contributed by atoms with van der Waals surface area (Å²) in [6.45, 7) is 2.03. The number of imidazole rings is 1. The lowest BCUT2D eigenvalue weighted by molar-refractivity contribution is -0.113. The summed E-state index contributed by atoms with van der Waals surface area (Å²) >= 11 is 1.48. The first-order valence-corrected chi connectivity index (χ1v) is 7.61. The molecule has 0 unspecified atom stereocenters. The maximum Gasteiger partial charge on any atom is 0.236 e. The number of carbonyl (C=O) groups excluding carboxylic acids is 1. The predicted molar refractivity (Wildman–Crippen MR) is 84.0 cm³/mol. The second-order valence-corrected chi connectivity index (χ2v) is 5.55. The van der Waals surface area contributed by atoms with Crippen LogP contribution in [-0.4, -0.2) is 21.6 Å². The number of nitriles is 2. The lowest BCUT2D eigenvalue weighted by Gasteiger charge is -2.03. The third-order valence-corrected chi connectivity index (χ3v) is 3.77. The SMILES string of the molecule is Cc1cccc(CSCC(=O)Nc2nc(C#N)c(C#N)[nH]2)c1. The number of anilines is 1. The van der Waals surface area contributed by atoms with Crippen molar-refractivity contribution in [2.45, 2.75) is 12.7 Å². The number of hydrogen-bond acceptors (Lipinski definition) is 5. The number of thioether (sulfide) groups is 1. The molecule has 22 heavy (non-hydrogen) atoms. The van der Waals surface area contributed by atoms with Gasteiger partial charge in [-0.2, -0.15) is 10.5 Å². The van der Waals surface area contributed by atoms with E-state index in [2.05, 4.69) is 21.4 Å². The highest BCUT2D eigenvalue weighted by Crippen LogP contribution is 2.14. The number of nitrogens with one attached hydrogen (secondary N) is 2. The molecule has 6 nitrogen and oxygen atoms in total. The van der Waals surface area contributed by atoms with Gasteiger partial charge in [-0.3, -0.25) is 10.1 Å². The molecule has 0 aliphatic heterocycles. The second kappa shape index (κ2) is 7.30. The van der Waals surface area contributed by atoms with Crippen LogP contribution in [0.3, 0.4) is 0 Å². The van der Waals surface area contributed by atoms with Crippen LogP contribution in [0.2, 0.25) is 0 Å². The largest absolute Gasteiger partial charge is 0.314 e. The van der Waals surface area contributed by atoms with Crippen molar-refractivity contribution in [3.05, 3.63) is 46.8 Å². The number of H-pyrrole nitrogens is 1. The molecule has 1 amide bonds. The van der Waals surface area contributed by atoms with Crippen LogP contribution in [0, 0.1) is 29.6 Å². The molecule has 0 saturated heterocycles. The van der Waals surface area contributed by atoms with Crippen LogP contribution >= 0.6 is 11.8 Å². The summed E-state index contributed by atoms with van der Waals surface area (Å²) in [4.78, 5) is 18.2. The normalized spacial score (nSPS) is 9.77. The topological polar surface area (TPSA) is 105 Å². The van der Waals surface area contributed by atoms with E-state index in [1.54, 1.807) is 6.07 Å². The van der Waals surface area contributed by atoms with Crippen molar-refractivity contribution in [2.75, 3.05) is 11.1 Å². The van der Waals surface area contributed by atoms with Crippen molar-refractivity contribution in [3.8, 4) is 12.1 Å². The minimum atomic E-state index is -0.236. The van der Waals surface area contributed by atoms with Crippen molar-refractivity contribution < 1.29 is 4.79 Å². The molecule has 0 aliphatic carbocycles. The van der Waals surface area contributed by atoms with Crippen molar-refractivity contribution >= 4 is 23.6 Å². The first-order valence-electron chi connectivity index (χ1n) is 6.45. The standard InChI is InChI=1S/C15H13N5OS/c1-10-3-2-4-11(5-10)8-22-9-14(21)20-15-18-12(6-16)13(7-17)19-15/h2-5H,8-9H2,1H3,(H2,18,19,20,21). The molecule has 0 aliphatic rings. The van der Waals surface area contributed by atoms with E-state index in [0.29, 0.717) is 0 Å². The van der Waals surface area contributed by atoms with Crippen LogP contribution in [0.5, 0.6) is 0 Å². The van der Waals surface area contributed by atoms with Crippen LogP contribution in [0.15, 0.2) is 24.3 Å². The first-order chi connectivity index (χ1) is 10.6. The third kappa shape index (κ3) is 4.11. The zero-order valence-corrected chi connectivity index (χ0v) is 12.7. The summed E-state index contributed by atoms with van der Waals surface area (Å²) < 4.78 is 0. The Morgan fingerprint density at radius 2 is 2.23 bits per heavy atom. The number of carbonyl (C=O) groups is 1. The van der Waals surface area contributed by atoms with Gasteiger partial charge < -0.3 is 4.98 Å². The minimum Gasteiger partial charge on any atom is -0.314 e. The monoisotopic (exact) mass is 311 g/mol. The van der Waals surface area contributed by atoms with Crippen LogP contribution < -0.4 is 5.32 Å². The van der Waals surface area contributed by atoms with Crippen molar-refractivity contribution in [2.24, 2.45) is 0 Å². The number of amides is 1. The van der Waals surface area contributed by atoms with E-state index in [4.69, 9.17) is 10.5 Å². The molecule has 7 heteroatoms. The molecule has 2 N–H and O–H groups in total. The third-order valence-electron chi connectivity index (χ3n) is 2.76. The zero-order chi connectivity index (χ0) is 15.9. The summed E-state index contributed by atoms with van der Waals surface area (Å²) in [5.74, 6) is 0.882. The lowest BCUT2D eigenvalue weighted by Crippen LogP contribution is -2.15. The Morgan fingerprint density at radius 1 is 1.41 bits per heavy atom. The average Bonchev–Trinajstić information content (AvgIpc) is 2.89. The van der Waals surface area contributed by atoms with Crippen LogP contribution in [0.4, 0.5) is 5.95 Å². The number of hydrogen-bond donors (Lipinski definition) is 2. The van der Waals surface area contributed by atoms with Crippen LogP contribution in [0.25, 0.3) is 0 Å². The molecule has 0 fully saturated rings. The van der Waals surface area contributed by atoms with Gasteiger partial charge in [0.2, 0.25) is 11.9 Å². The highest BCUT2D eigenvalue weighted by molar-refractivity contribution is 7.99. The highest BCUT2D eigenvalue weighted by atomic mass is 32.2. The van der Waals surface area contributed by atoms with E-state index < -0.39 is 0 Å². The molecular formula is C15H13N5OS. The van der Waals surface area contributed by atoms with Gasteiger partial charge >= 0.3 is 0 Å². The predicted octanol–water partition coefficient (Wildman–Crippen LogP) is 2.33. The minimum absolute atomic E-state index is 0.0230. The van der Waals surface area contributed by atoms with E-state index in [1.165, 1.54) is 17.3 Å². The van der Waals surface area contributed by atoms with E-state index in [0.717, 1.165) is 11.3 Å². The molecule has 1 heterocycles. The van der Waals surface area contributed by atoms with E-state index in [9.17, 15) is 4.79 Å². The maximum absolute atomic E-state index is 11.8. The number of aromatic amines is 1. The van der Waals surface area contributed by atoms with Crippen molar-refractivity contribution in [3.63, 3.8) is 0 Å². The summed E-state index contributed by atoms with van der Waals surface area (Å²) in [5.41, 5.74) is 2.37. The molecule has 110 valence electrons. The van der Waals surface area contributed by atoms with Crippen molar-refractivity contribution in [1.82, 2.24) is 9.97 Å². The van der Waals surface area contributed by atoms with Gasteiger partial charge in [0.05, 0.1) is 5.75 Å². The van der Waals surface area contributed by atoms with E-state index >= 15 is 0 Å². The Balaban J connectivity index is 1.85. The van der Waals surface area contributed by atoms with Crippen LogP contribution in [0.1, 0.15) is 22.5 Å². The van der Waals surface area contributed by atoms with Gasteiger partial charge in [-0.05, 0) is 12.5 Å². The quantitative estimate of drug-likeness (QED) is 0.881. The Morgan fingerprint density at radius 3 is 2.86 bits per heavy atom. The van der Waals surface area contributed by atoms with Gasteiger partial charge in [0.25, 0.3) is 0 Å². The van der Waals surface area contributed by atoms with E-state index in [1.807, 2.05) is 31.2 Å². The maximum atomic E-state index is 11.8. The van der Waals surface area contributed by atoms with Gasteiger partial charge in [0.15, 0.2) is 11.4 Å². The fraction of sp³-hybridized carbons (Fsp3) is 0.200. The average molecular weight is 311 g/mol. The molecule has 2 aromatic rings. The van der Waals surface area contributed by atoms with Crippen LogP contribution in [-0.2, 0) is 10.5 Å². The molecule has 1 aromatic heterocycles. The Hall–Kier alpha value is -2.77. The zero-order valence-electron chi connectivity index (χ0n) is 11.9. The molecule has 2 rings (SSSR count). The molecule has 1 aromatic carbocycles. The highest BCUT2D eigenvalue weighted by Gasteiger charge is 2.11. The fourth-order valence-corrected chi connectivity index (χ4v) is 2.60. The molecular weight excluding hydrogens is 298 g/mol.